The van der Waals surface area contributed by atoms with E-state index in [1.54, 1.807) is 0 Å². The molecule has 1 aliphatic carbocycles. The van der Waals surface area contributed by atoms with Gasteiger partial charge in [0, 0.05) is 12.8 Å². The summed E-state index contributed by atoms with van der Waals surface area (Å²) < 4.78 is 9.51. The molecule has 1 saturated heterocycles. The molecule has 0 spiro atoms. The fourth-order valence-corrected chi connectivity index (χ4v) is 1.89. The molecule has 4 atom stereocenters. The maximum Gasteiger partial charge on any atom is 0.338 e. The summed E-state index contributed by atoms with van der Waals surface area (Å²) in [4.78, 5) is 11.2. The Morgan fingerprint density at radius 3 is 2.85 bits per heavy atom. The van der Waals surface area contributed by atoms with E-state index in [0.717, 1.165) is 0 Å². The molecule has 13 heavy (non-hydrogen) atoms. The van der Waals surface area contributed by atoms with Crippen LogP contribution in [-0.2, 0) is 14.3 Å². The van der Waals surface area contributed by atoms with Gasteiger partial charge in [-0.15, -0.1) is 0 Å². The van der Waals surface area contributed by atoms with E-state index in [4.69, 9.17) is 4.74 Å². The van der Waals surface area contributed by atoms with Gasteiger partial charge in [-0.1, -0.05) is 0 Å². The Bertz CT molecular complexity index is 241. The predicted molar refractivity (Wildman–Crippen MR) is 40.9 cm³/mol. The number of aliphatic hydroxyl groups excluding tert-OH is 1. The number of fused-ring (bicyclic) bond motifs is 1. The minimum atomic E-state index is -1.56. The lowest BCUT2D eigenvalue weighted by atomic mass is 9.83. The van der Waals surface area contributed by atoms with Gasteiger partial charge in [0.1, 0.15) is 6.10 Å². The number of hydrogen-bond acceptors (Lipinski definition) is 5. The van der Waals surface area contributed by atoms with Crippen molar-refractivity contribution in [2.24, 2.45) is 0 Å². The van der Waals surface area contributed by atoms with E-state index in [9.17, 15) is 15.0 Å². The molecule has 2 aliphatic rings. The molecule has 0 aromatic carbocycles. The molecule has 0 bridgehead atoms. The SMILES string of the molecule is COC(=O)[C@]1(O)C[C@@H](O)[C@@H]2O[C@@H]2C1. The van der Waals surface area contributed by atoms with Crippen LogP contribution in [-0.4, -0.2) is 47.2 Å². The van der Waals surface area contributed by atoms with Crippen LogP contribution in [0.1, 0.15) is 12.8 Å². The maximum atomic E-state index is 11.2. The molecular formula is C8H12O5. The molecule has 1 aliphatic heterocycles. The Balaban J connectivity index is 2.10. The van der Waals surface area contributed by atoms with E-state index >= 15 is 0 Å². The highest BCUT2D eigenvalue weighted by atomic mass is 16.6. The van der Waals surface area contributed by atoms with Crippen LogP contribution in [0.25, 0.3) is 0 Å². The Labute approximate surface area is 75.3 Å². The molecule has 0 aromatic rings. The highest BCUT2D eigenvalue weighted by Gasteiger charge is 2.58. The summed E-state index contributed by atoms with van der Waals surface area (Å²) in [5, 5.41) is 19.2. The number of carbonyl (C=O) groups excluding carboxylic acids is 1. The molecular weight excluding hydrogens is 176 g/mol. The van der Waals surface area contributed by atoms with Crippen molar-refractivity contribution in [3.05, 3.63) is 0 Å². The number of ether oxygens (including phenoxy) is 2. The lowest BCUT2D eigenvalue weighted by molar-refractivity contribution is -0.168. The molecule has 2 N–H and O–H groups in total. The third kappa shape index (κ3) is 1.33. The number of esters is 1. The molecule has 0 radical (unpaired) electrons. The van der Waals surface area contributed by atoms with Gasteiger partial charge in [-0.2, -0.15) is 0 Å². The Kier molecular flexibility index (Phi) is 1.83. The fourth-order valence-electron chi connectivity index (χ4n) is 1.89. The number of methoxy groups -OCH3 is 1. The highest BCUT2D eigenvalue weighted by Crippen LogP contribution is 2.42. The molecule has 0 unspecified atom stereocenters. The van der Waals surface area contributed by atoms with E-state index < -0.39 is 17.7 Å². The van der Waals surface area contributed by atoms with Crippen molar-refractivity contribution >= 4 is 5.97 Å². The number of aliphatic hydroxyl groups is 2. The van der Waals surface area contributed by atoms with Crippen molar-refractivity contribution < 1.29 is 24.5 Å². The molecule has 2 rings (SSSR count). The molecule has 74 valence electrons. The van der Waals surface area contributed by atoms with Crippen LogP contribution in [0.2, 0.25) is 0 Å². The Morgan fingerprint density at radius 1 is 1.62 bits per heavy atom. The average Bonchev–Trinajstić information content (AvgIpc) is 2.82. The lowest BCUT2D eigenvalue weighted by Gasteiger charge is -2.29. The predicted octanol–water partition coefficient (Wildman–Crippen LogP) is -1.19. The first kappa shape index (κ1) is 8.93. The van der Waals surface area contributed by atoms with Gasteiger partial charge in [0.05, 0.1) is 19.3 Å². The second-order valence-corrected chi connectivity index (χ2v) is 3.64. The quantitative estimate of drug-likeness (QED) is 0.399. The molecule has 2 fully saturated rings. The number of rotatable bonds is 1. The van der Waals surface area contributed by atoms with Gasteiger partial charge < -0.3 is 19.7 Å². The normalized spacial score (nSPS) is 48.1. The molecule has 5 nitrogen and oxygen atoms in total. The van der Waals surface area contributed by atoms with Gasteiger partial charge >= 0.3 is 5.97 Å². The van der Waals surface area contributed by atoms with Crippen molar-refractivity contribution in [1.82, 2.24) is 0 Å². The summed E-state index contributed by atoms with van der Waals surface area (Å²) in [6.45, 7) is 0. The van der Waals surface area contributed by atoms with Gasteiger partial charge in [-0.05, 0) is 0 Å². The van der Waals surface area contributed by atoms with Crippen LogP contribution in [0.5, 0.6) is 0 Å². The Morgan fingerprint density at radius 2 is 2.31 bits per heavy atom. The summed E-state index contributed by atoms with van der Waals surface area (Å²) in [6, 6.07) is 0. The van der Waals surface area contributed by atoms with E-state index in [1.165, 1.54) is 7.11 Å². The van der Waals surface area contributed by atoms with Crippen molar-refractivity contribution in [2.45, 2.75) is 36.8 Å². The molecule has 1 heterocycles. The number of epoxide rings is 1. The third-order valence-electron chi connectivity index (χ3n) is 2.65. The summed E-state index contributed by atoms with van der Waals surface area (Å²) in [7, 11) is 1.21. The van der Waals surface area contributed by atoms with Crippen molar-refractivity contribution in [3.63, 3.8) is 0 Å². The molecule has 0 aromatic heterocycles. The van der Waals surface area contributed by atoms with E-state index in [0.29, 0.717) is 0 Å². The van der Waals surface area contributed by atoms with E-state index in [-0.39, 0.29) is 25.0 Å². The minimum Gasteiger partial charge on any atom is -0.467 e. The zero-order valence-electron chi connectivity index (χ0n) is 7.27. The molecule has 0 amide bonds. The maximum absolute atomic E-state index is 11.2. The standard InChI is InChI=1S/C8H12O5/c1-12-7(10)8(11)2-4(9)6-5(3-8)13-6/h4-6,9,11H,2-3H2,1H3/t4-,5-,6+,8+/m1/s1. The van der Waals surface area contributed by atoms with Crippen molar-refractivity contribution in [1.29, 1.82) is 0 Å². The summed E-state index contributed by atoms with van der Waals surface area (Å²) >= 11 is 0. The zero-order valence-corrected chi connectivity index (χ0v) is 7.27. The highest BCUT2D eigenvalue weighted by molar-refractivity contribution is 5.79. The van der Waals surface area contributed by atoms with Crippen LogP contribution in [0.3, 0.4) is 0 Å². The number of carbonyl (C=O) groups is 1. The molecule has 5 heteroatoms. The van der Waals surface area contributed by atoms with Crippen LogP contribution in [0.4, 0.5) is 0 Å². The first-order chi connectivity index (χ1) is 6.07. The second kappa shape index (κ2) is 2.67. The fraction of sp³-hybridized carbons (Fsp3) is 0.875. The topological polar surface area (TPSA) is 79.3 Å². The number of hydrogen-bond donors (Lipinski definition) is 2. The smallest absolute Gasteiger partial charge is 0.338 e. The van der Waals surface area contributed by atoms with Crippen molar-refractivity contribution in [2.75, 3.05) is 7.11 Å². The molecule has 1 saturated carbocycles. The largest absolute Gasteiger partial charge is 0.467 e. The summed E-state index contributed by atoms with van der Waals surface area (Å²) in [5.74, 6) is -0.694. The van der Waals surface area contributed by atoms with E-state index in [2.05, 4.69) is 4.74 Å². The zero-order chi connectivity index (χ0) is 9.64. The monoisotopic (exact) mass is 188 g/mol. The lowest BCUT2D eigenvalue weighted by Crippen LogP contribution is -2.48. The van der Waals surface area contributed by atoms with Gasteiger partial charge in [0.25, 0.3) is 0 Å². The average molecular weight is 188 g/mol. The van der Waals surface area contributed by atoms with E-state index in [1.807, 2.05) is 0 Å². The first-order valence-corrected chi connectivity index (χ1v) is 4.21. The minimum absolute atomic E-state index is 0.000833. The summed E-state index contributed by atoms with van der Waals surface area (Å²) in [6.07, 6.45) is -0.914. The van der Waals surface area contributed by atoms with Crippen LogP contribution < -0.4 is 0 Å². The van der Waals surface area contributed by atoms with Crippen molar-refractivity contribution in [3.8, 4) is 0 Å². The van der Waals surface area contributed by atoms with Crippen LogP contribution >= 0.6 is 0 Å². The third-order valence-corrected chi connectivity index (χ3v) is 2.65. The van der Waals surface area contributed by atoms with Gasteiger partial charge in [0.15, 0.2) is 5.60 Å². The van der Waals surface area contributed by atoms with Gasteiger partial charge in [0.2, 0.25) is 0 Å². The van der Waals surface area contributed by atoms with Gasteiger partial charge in [-0.25, -0.2) is 4.79 Å². The Hall–Kier alpha value is -0.650. The summed E-state index contributed by atoms with van der Waals surface area (Å²) in [5.41, 5.74) is -1.56. The van der Waals surface area contributed by atoms with Crippen LogP contribution in [0, 0.1) is 0 Å². The first-order valence-electron chi connectivity index (χ1n) is 4.21. The second-order valence-electron chi connectivity index (χ2n) is 3.64. The van der Waals surface area contributed by atoms with Gasteiger partial charge in [-0.3, -0.25) is 0 Å². The van der Waals surface area contributed by atoms with Crippen LogP contribution in [0.15, 0.2) is 0 Å².